The Bertz CT molecular complexity index is 394. The zero-order chi connectivity index (χ0) is 13.0. The molecule has 1 heterocycles. The zero-order valence-corrected chi connectivity index (χ0v) is 11.0. The van der Waals surface area contributed by atoms with Crippen LogP contribution < -0.4 is 0 Å². The number of hydrogen-bond acceptors (Lipinski definition) is 3. The van der Waals surface area contributed by atoms with Crippen LogP contribution in [0.3, 0.4) is 0 Å². The van der Waals surface area contributed by atoms with Crippen molar-refractivity contribution in [3.05, 3.63) is 35.9 Å². The molecular weight excluding hydrogens is 228 g/mol. The van der Waals surface area contributed by atoms with Crippen LogP contribution in [-0.4, -0.2) is 62.1 Å². The van der Waals surface area contributed by atoms with Crippen molar-refractivity contribution < 1.29 is 9.53 Å². The van der Waals surface area contributed by atoms with Gasteiger partial charge in [0.2, 0.25) is 0 Å². The molecule has 1 saturated heterocycles. The van der Waals surface area contributed by atoms with Crippen LogP contribution in [0, 0.1) is 0 Å². The monoisotopic (exact) mass is 248 g/mol. The van der Waals surface area contributed by atoms with Crippen molar-refractivity contribution >= 4 is 5.91 Å². The highest BCUT2D eigenvalue weighted by Gasteiger charge is 2.21. The summed E-state index contributed by atoms with van der Waals surface area (Å²) in [6, 6.07) is 9.35. The van der Waals surface area contributed by atoms with Gasteiger partial charge in [0.15, 0.2) is 0 Å². The van der Waals surface area contributed by atoms with Crippen molar-refractivity contribution in [3.63, 3.8) is 0 Å². The van der Waals surface area contributed by atoms with Crippen molar-refractivity contribution in [2.75, 3.05) is 40.3 Å². The molecule has 18 heavy (non-hydrogen) atoms. The van der Waals surface area contributed by atoms with Gasteiger partial charge in [0.25, 0.3) is 5.91 Å². The molecule has 4 nitrogen and oxygen atoms in total. The number of ether oxygens (including phenoxy) is 1. The normalized spacial score (nSPS) is 20.7. The molecule has 0 aromatic heterocycles. The van der Waals surface area contributed by atoms with E-state index in [-0.39, 0.29) is 12.0 Å². The van der Waals surface area contributed by atoms with Gasteiger partial charge in [-0.2, -0.15) is 0 Å². The molecule has 1 aromatic carbocycles. The van der Waals surface area contributed by atoms with E-state index < -0.39 is 0 Å². The number of hydrogen-bond donors (Lipinski definition) is 0. The fourth-order valence-corrected chi connectivity index (χ4v) is 2.17. The van der Waals surface area contributed by atoms with E-state index in [9.17, 15) is 4.79 Å². The summed E-state index contributed by atoms with van der Waals surface area (Å²) in [7, 11) is 3.90. The summed E-state index contributed by atoms with van der Waals surface area (Å²) in [5.74, 6) is 0.0485. The topological polar surface area (TPSA) is 32.8 Å². The Labute approximate surface area is 108 Å². The lowest BCUT2D eigenvalue weighted by molar-refractivity contribution is -0.0301. The SMILES string of the molecule is CN1CCOC(CN(C)C(=O)c2ccccc2)C1. The van der Waals surface area contributed by atoms with Crippen LogP contribution in [0.2, 0.25) is 0 Å². The fraction of sp³-hybridized carbons (Fsp3) is 0.500. The minimum Gasteiger partial charge on any atom is -0.374 e. The number of likely N-dealkylation sites (N-methyl/N-ethyl adjacent to an activating group) is 2. The highest BCUT2D eigenvalue weighted by Crippen LogP contribution is 2.08. The number of carbonyl (C=O) groups is 1. The van der Waals surface area contributed by atoms with Gasteiger partial charge in [0.05, 0.1) is 12.7 Å². The van der Waals surface area contributed by atoms with Crippen LogP contribution in [0.1, 0.15) is 10.4 Å². The number of rotatable bonds is 3. The molecule has 1 aromatic rings. The van der Waals surface area contributed by atoms with E-state index in [1.807, 2.05) is 37.4 Å². The Morgan fingerprint density at radius 2 is 2.17 bits per heavy atom. The Morgan fingerprint density at radius 1 is 1.44 bits per heavy atom. The molecule has 1 atom stereocenters. The first-order chi connectivity index (χ1) is 8.66. The smallest absolute Gasteiger partial charge is 0.253 e. The molecule has 0 saturated carbocycles. The number of carbonyl (C=O) groups excluding carboxylic acids is 1. The number of amides is 1. The average Bonchev–Trinajstić information content (AvgIpc) is 2.39. The van der Waals surface area contributed by atoms with E-state index in [1.54, 1.807) is 4.90 Å². The molecule has 1 aliphatic heterocycles. The maximum atomic E-state index is 12.2. The van der Waals surface area contributed by atoms with Gasteiger partial charge in [-0.25, -0.2) is 0 Å². The number of nitrogens with zero attached hydrogens (tertiary/aromatic N) is 2. The predicted molar refractivity (Wildman–Crippen MR) is 70.6 cm³/mol. The summed E-state index contributed by atoms with van der Waals surface area (Å²) in [6.45, 7) is 3.23. The van der Waals surface area contributed by atoms with Crippen LogP contribution in [-0.2, 0) is 4.74 Å². The molecule has 1 amide bonds. The molecule has 0 bridgehead atoms. The van der Waals surface area contributed by atoms with Crippen molar-refractivity contribution in [2.24, 2.45) is 0 Å². The second-order valence-electron chi connectivity index (χ2n) is 4.81. The van der Waals surface area contributed by atoms with E-state index in [0.717, 1.165) is 25.3 Å². The second kappa shape index (κ2) is 5.98. The summed E-state index contributed by atoms with van der Waals surface area (Å²) < 4.78 is 5.67. The van der Waals surface area contributed by atoms with Gasteiger partial charge in [-0.1, -0.05) is 18.2 Å². The first-order valence-corrected chi connectivity index (χ1v) is 6.27. The Morgan fingerprint density at radius 3 is 2.83 bits per heavy atom. The minimum absolute atomic E-state index is 0.0485. The zero-order valence-electron chi connectivity index (χ0n) is 11.0. The van der Waals surface area contributed by atoms with Crippen molar-refractivity contribution in [2.45, 2.75) is 6.10 Å². The Balaban J connectivity index is 1.91. The third-order valence-electron chi connectivity index (χ3n) is 3.19. The van der Waals surface area contributed by atoms with E-state index in [4.69, 9.17) is 4.74 Å². The highest BCUT2D eigenvalue weighted by atomic mass is 16.5. The minimum atomic E-state index is 0.0485. The largest absolute Gasteiger partial charge is 0.374 e. The molecule has 0 spiro atoms. The van der Waals surface area contributed by atoms with Gasteiger partial charge in [-0.3, -0.25) is 4.79 Å². The molecule has 0 radical (unpaired) electrons. The lowest BCUT2D eigenvalue weighted by Gasteiger charge is -2.32. The molecule has 1 fully saturated rings. The number of morpholine rings is 1. The average molecular weight is 248 g/mol. The van der Waals surface area contributed by atoms with Crippen LogP contribution >= 0.6 is 0 Å². The third-order valence-corrected chi connectivity index (χ3v) is 3.19. The summed E-state index contributed by atoms with van der Waals surface area (Å²) in [5, 5.41) is 0. The van der Waals surface area contributed by atoms with E-state index >= 15 is 0 Å². The maximum absolute atomic E-state index is 12.2. The predicted octanol–water partition coefficient (Wildman–Crippen LogP) is 1.09. The van der Waals surface area contributed by atoms with Gasteiger partial charge < -0.3 is 14.5 Å². The molecule has 1 aliphatic rings. The number of benzene rings is 1. The second-order valence-corrected chi connectivity index (χ2v) is 4.81. The van der Waals surface area contributed by atoms with Gasteiger partial charge in [0.1, 0.15) is 0 Å². The maximum Gasteiger partial charge on any atom is 0.253 e. The molecular formula is C14H20N2O2. The molecule has 98 valence electrons. The lowest BCUT2D eigenvalue weighted by atomic mass is 10.2. The van der Waals surface area contributed by atoms with Crippen LogP contribution in [0.5, 0.6) is 0 Å². The van der Waals surface area contributed by atoms with Crippen molar-refractivity contribution in [3.8, 4) is 0 Å². The summed E-state index contributed by atoms with van der Waals surface area (Å²) in [4.78, 5) is 16.1. The molecule has 0 aliphatic carbocycles. The van der Waals surface area contributed by atoms with Gasteiger partial charge in [-0.05, 0) is 19.2 Å². The third kappa shape index (κ3) is 3.31. The molecule has 4 heteroatoms. The first-order valence-electron chi connectivity index (χ1n) is 6.27. The molecule has 0 N–H and O–H groups in total. The van der Waals surface area contributed by atoms with Crippen molar-refractivity contribution in [1.82, 2.24) is 9.80 Å². The van der Waals surface area contributed by atoms with E-state index in [1.165, 1.54) is 0 Å². The first kappa shape index (κ1) is 13.1. The molecule has 1 unspecified atom stereocenters. The van der Waals surface area contributed by atoms with Crippen LogP contribution in [0.15, 0.2) is 30.3 Å². The highest BCUT2D eigenvalue weighted by molar-refractivity contribution is 5.93. The fourth-order valence-electron chi connectivity index (χ4n) is 2.17. The molecule has 2 rings (SSSR count). The summed E-state index contributed by atoms with van der Waals surface area (Å²) >= 11 is 0. The lowest BCUT2D eigenvalue weighted by Crippen LogP contribution is -2.46. The van der Waals surface area contributed by atoms with Crippen LogP contribution in [0.4, 0.5) is 0 Å². The summed E-state index contributed by atoms with van der Waals surface area (Å²) in [6.07, 6.45) is 0.112. The van der Waals surface area contributed by atoms with Crippen molar-refractivity contribution in [1.29, 1.82) is 0 Å². The van der Waals surface area contributed by atoms with E-state index in [0.29, 0.717) is 6.54 Å². The standard InChI is InChI=1S/C14H20N2O2/c1-15-8-9-18-13(10-15)11-16(2)14(17)12-6-4-3-5-7-12/h3-7,13H,8-11H2,1-2H3. The van der Waals surface area contributed by atoms with Gasteiger partial charge in [0, 0.05) is 32.2 Å². The quantitative estimate of drug-likeness (QED) is 0.802. The summed E-state index contributed by atoms with van der Waals surface area (Å²) in [5.41, 5.74) is 0.726. The van der Waals surface area contributed by atoms with Crippen LogP contribution in [0.25, 0.3) is 0 Å². The van der Waals surface area contributed by atoms with E-state index in [2.05, 4.69) is 11.9 Å². The van der Waals surface area contributed by atoms with Gasteiger partial charge >= 0.3 is 0 Å². The Kier molecular flexibility index (Phi) is 4.33. The van der Waals surface area contributed by atoms with Gasteiger partial charge in [-0.15, -0.1) is 0 Å². The Hall–Kier alpha value is -1.39.